The number of alkyl halides is 2. The number of hydrogen-bond acceptors (Lipinski definition) is 4. The molecule has 0 aliphatic carbocycles. The average molecular weight is 255 g/mol. The Morgan fingerprint density at radius 3 is 2.67 bits per heavy atom. The fourth-order valence-corrected chi connectivity index (χ4v) is 1.34. The standard InChI is InChI=1S/C11H7F2NO4/c12-11(13)18-9-2-6(3-10(16)17)7(4-14)1-8(9)5-15/h1-2,5,11H,3H2,(H,16,17). The number of halogens is 2. The van der Waals surface area contributed by atoms with E-state index < -0.39 is 24.8 Å². The fourth-order valence-electron chi connectivity index (χ4n) is 1.34. The van der Waals surface area contributed by atoms with Gasteiger partial charge in [-0.15, -0.1) is 0 Å². The van der Waals surface area contributed by atoms with Crippen LogP contribution in [-0.4, -0.2) is 24.0 Å². The van der Waals surface area contributed by atoms with Gasteiger partial charge in [-0.3, -0.25) is 9.59 Å². The molecule has 0 aromatic heterocycles. The van der Waals surface area contributed by atoms with Gasteiger partial charge in [0.05, 0.1) is 23.6 Å². The van der Waals surface area contributed by atoms with E-state index in [0.717, 1.165) is 12.1 Å². The number of hydrogen-bond donors (Lipinski definition) is 1. The molecule has 0 spiro atoms. The van der Waals surface area contributed by atoms with Crippen molar-refractivity contribution < 1.29 is 28.2 Å². The molecule has 0 saturated carbocycles. The van der Waals surface area contributed by atoms with Gasteiger partial charge in [0.2, 0.25) is 0 Å². The minimum absolute atomic E-state index is 0.00579. The monoisotopic (exact) mass is 255 g/mol. The number of aliphatic carboxylic acids is 1. The molecule has 1 aromatic carbocycles. The largest absolute Gasteiger partial charge is 0.481 e. The predicted molar refractivity (Wildman–Crippen MR) is 54.5 cm³/mol. The van der Waals surface area contributed by atoms with Crippen molar-refractivity contribution >= 4 is 12.3 Å². The molecule has 7 heteroatoms. The van der Waals surface area contributed by atoms with E-state index in [1.165, 1.54) is 0 Å². The Labute approximate surface area is 100 Å². The van der Waals surface area contributed by atoms with Crippen LogP contribution in [0.1, 0.15) is 21.5 Å². The number of carbonyl (C=O) groups excluding carboxylic acids is 1. The number of aldehydes is 1. The Bertz CT molecular complexity index is 523. The zero-order valence-corrected chi connectivity index (χ0v) is 8.89. The summed E-state index contributed by atoms with van der Waals surface area (Å²) in [5.41, 5.74) is -0.298. The van der Waals surface area contributed by atoms with Crippen molar-refractivity contribution in [2.75, 3.05) is 0 Å². The summed E-state index contributed by atoms with van der Waals surface area (Å²) in [5.74, 6) is -1.68. The smallest absolute Gasteiger partial charge is 0.387 e. The summed E-state index contributed by atoms with van der Waals surface area (Å²) >= 11 is 0. The minimum atomic E-state index is -3.14. The Balaban J connectivity index is 3.29. The Morgan fingerprint density at radius 1 is 1.56 bits per heavy atom. The van der Waals surface area contributed by atoms with Crippen molar-refractivity contribution in [3.05, 3.63) is 28.8 Å². The van der Waals surface area contributed by atoms with Crippen molar-refractivity contribution in [2.24, 2.45) is 0 Å². The molecule has 0 saturated heterocycles. The molecule has 0 heterocycles. The molecule has 1 N–H and O–H groups in total. The van der Waals surface area contributed by atoms with Gasteiger partial charge in [-0.2, -0.15) is 14.0 Å². The van der Waals surface area contributed by atoms with Gasteiger partial charge in [0.1, 0.15) is 5.75 Å². The lowest BCUT2D eigenvalue weighted by Gasteiger charge is -2.10. The molecule has 1 rings (SSSR count). The third-order valence-corrected chi connectivity index (χ3v) is 2.04. The van der Waals surface area contributed by atoms with Crippen molar-refractivity contribution in [3.8, 4) is 11.8 Å². The van der Waals surface area contributed by atoms with Crippen LogP contribution in [0.4, 0.5) is 8.78 Å². The summed E-state index contributed by atoms with van der Waals surface area (Å²) in [6.45, 7) is -3.14. The van der Waals surface area contributed by atoms with Crippen LogP contribution in [0.3, 0.4) is 0 Å². The fraction of sp³-hybridized carbons (Fsp3) is 0.182. The molecule has 0 aliphatic rings. The number of ether oxygens (including phenoxy) is 1. The molecular formula is C11H7F2NO4. The Kier molecular flexibility index (Phi) is 4.32. The first-order valence-corrected chi connectivity index (χ1v) is 4.66. The van der Waals surface area contributed by atoms with Gasteiger partial charge >= 0.3 is 12.6 Å². The van der Waals surface area contributed by atoms with Gasteiger partial charge in [-0.05, 0) is 17.7 Å². The highest BCUT2D eigenvalue weighted by molar-refractivity contribution is 5.81. The highest BCUT2D eigenvalue weighted by atomic mass is 19.3. The maximum Gasteiger partial charge on any atom is 0.387 e. The van der Waals surface area contributed by atoms with E-state index in [9.17, 15) is 18.4 Å². The molecular weight excluding hydrogens is 248 g/mol. The molecule has 1 aromatic rings. The zero-order chi connectivity index (χ0) is 13.7. The van der Waals surface area contributed by atoms with Gasteiger partial charge in [-0.1, -0.05) is 0 Å². The maximum atomic E-state index is 12.1. The second-order valence-corrected chi connectivity index (χ2v) is 3.23. The highest BCUT2D eigenvalue weighted by Gasteiger charge is 2.15. The van der Waals surface area contributed by atoms with E-state index in [4.69, 9.17) is 10.4 Å². The second kappa shape index (κ2) is 5.72. The van der Waals surface area contributed by atoms with Crippen LogP contribution < -0.4 is 4.74 Å². The van der Waals surface area contributed by atoms with Gasteiger partial charge in [0.25, 0.3) is 0 Å². The van der Waals surface area contributed by atoms with Gasteiger partial charge < -0.3 is 9.84 Å². The summed E-state index contributed by atoms with van der Waals surface area (Å²) in [4.78, 5) is 21.2. The number of carbonyl (C=O) groups is 2. The molecule has 0 fully saturated rings. The molecule has 5 nitrogen and oxygen atoms in total. The third kappa shape index (κ3) is 3.25. The molecule has 0 bridgehead atoms. The summed E-state index contributed by atoms with van der Waals surface area (Å²) in [6.07, 6.45) is -0.273. The van der Waals surface area contributed by atoms with Crippen LogP contribution in [-0.2, 0) is 11.2 Å². The summed E-state index contributed by atoms with van der Waals surface area (Å²) < 4.78 is 28.3. The van der Waals surface area contributed by atoms with Crippen LogP contribution in [0, 0.1) is 11.3 Å². The number of carboxylic acid groups (broad SMARTS) is 1. The number of carboxylic acids is 1. The van der Waals surface area contributed by atoms with Gasteiger partial charge in [0, 0.05) is 0 Å². The number of benzene rings is 1. The van der Waals surface area contributed by atoms with E-state index in [1.807, 2.05) is 0 Å². The van der Waals surface area contributed by atoms with Crippen molar-refractivity contribution in [3.63, 3.8) is 0 Å². The Hall–Kier alpha value is -2.49. The number of nitriles is 1. The number of nitrogens with zero attached hydrogens (tertiary/aromatic N) is 1. The molecule has 0 aliphatic heterocycles. The summed E-state index contributed by atoms with van der Waals surface area (Å²) in [5, 5.41) is 17.4. The van der Waals surface area contributed by atoms with Crippen LogP contribution in [0.2, 0.25) is 0 Å². The first-order valence-electron chi connectivity index (χ1n) is 4.66. The average Bonchev–Trinajstić information content (AvgIpc) is 2.28. The van der Waals surface area contributed by atoms with Crippen LogP contribution in [0.25, 0.3) is 0 Å². The van der Waals surface area contributed by atoms with E-state index in [2.05, 4.69) is 4.74 Å². The highest BCUT2D eigenvalue weighted by Crippen LogP contribution is 2.24. The van der Waals surface area contributed by atoms with Gasteiger partial charge in [-0.25, -0.2) is 0 Å². The normalized spacial score (nSPS) is 9.89. The molecule has 0 atom stereocenters. The van der Waals surface area contributed by atoms with E-state index >= 15 is 0 Å². The minimum Gasteiger partial charge on any atom is -0.481 e. The molecule has 0 radical (unpaired) electrons. The van der Waals surface area contributed by atoms with E-state index in [1.54, 1.807) is 6.07 Å². The van der Waals surface area contributed by atoms with E-state index in [-0.39, 0.29) is 23.0 Å². The topological polar surface area (TPSA) is 87.4 Å². The van der Waals surface area contributed by atoms with Crippen LogP contribution in [0.5, 0.6) is 5.75 Å². The van der Waals surface area contributed by atoms with Crippen molar-refractivity contribution in [2.45, 2.75) is 13.0 Å². The van der Waals surface area contributed by atoms with Crippen LogP contribution in [0.15, 0.2) is 12.1 Å². The van der Waals surface area contributed by atoms with Crippen LogP contribution >= 0.6 is 0 Å². The molecule has 18 heavy (non-hydrogen) atoms. The lowest BCUT2D eigenvalue weighted by molar-refractivity contribution is -0.136. The number of rotatable bonds is 5. The second-order valence-electron chi connectivity index (χ2n) is 3.23. The first-order chi connectivity index (χ1) is 8.47. The Morgan fingerprint density at radius 2 is 2.22 bits per heavy atom. The lowest BCUT2D eigenvalue weighted by Crippen LogP contribution is -2.08. The first kappa shape index (κ1) is 13.6. The SMILES string of the molecule is N#Cc1cc(C=O)c(OC(F)F)cc1CC(=O)O. The third-order valence-electron chi connectivity index (χ3n) is 2.04. The quantitative estimate of drug-likeness (QED) is 0.807. The zero-order valence-electron chi connectivity index (χ0n) is 8.89. The predicted octanol–water partition coefficient (Wildman–Crippen LogP) is 1.60. The maximum absolute atomic E-state index is 12.1. The molecule has 94 valence electrons. The summed E-state index contributed by atoms with van der Waals surface area (Å²) in [6, 6.07) is 3.67. The van der Waals surface area contributed by atoms with Gasteiger partial charge in [0.15, 0.2) is 6.29 Å². The van der Waals surface area contributed by atoms with Crippen molar-refractivity contribution in [1.82, 2.24) is 0 Å². The van der Waals surface area contributed by atoms with Crippen molar-refractivity contribution in [1.29, 1.82) is 5.26 Å². The lowest BCUT2D eigenvalue weighted by atomic mass is 10.0. The summed E-state index contributed by atoms with van der Waals surface area (Å²) in [7, 11) is 0. The van der Waals surface area contributed by atoms with E-state index in [0.29, 0.717) is 0 Å². The molecule has 0 unspecified atom stereocenters. The molecule has 0 amide bonds.